The number of rotatable bonds is 8. The van der Waals surface area contributed by atoms with Crippen molar-refractivity contribution in [1.29, 1.82) is 0 Å². The molecule has 0 spiro atoms. The molecule has 92 valence electrons. The predicted molar refractivity (Wildman–Crippen MR) is 67.4 cm³/mol. The van der Waals surface area contributed by atoms with Gasteiger partial charge in [-0.1, -0.05) is 20.8 Å². The Hall–Kier alpha value is -0.800. The summed E-state index contributed by atoms with van der Waals surface area (Å²) in [6, 6.07) is 3.99. The van der Waals surface area contributed by atoms with Crippen molar-refractivity contribution in [2.45, 2.75) is 27.3 Å². The molecule has 1 unspecified atom stereocenters. The lowest BCUT2D eigenvalue weighted by Crippen LogP contribution is -2.32. The molecule has 0 saturated heterocycles. The Morgan fingerprint density at radius 1 is 1.44 bits per heavy atom. The van der Waals surface area contributed by atoms with E-state index in [1.165, 1.54) is 0 Å². The topological polar surface area (TPSA) is 28.4 Å². The fourth-order valence-electron chi connectivity index (χ4n) is 1.82. The Morgan fingerprint density at radius 2 is 2.25 bits per heavy atom. The second-order valence-electron chi connectivity index (χ2n) is 4.32. The van der Waals surface area contributed by atoms with E-state index in [1.807, 2.05) is 12.1 Å². The second kappa shape index (κ2) is 7.47. The minimum atomic E-state index is 0.676. The third-order valence-corrected chi connectivity index (χ3v) is 2.72. The predicted octanol–water partition coefficient (Wildman–Crippen LogP) is 2.35. The van der Waals surface area contributed by atoms with Gasteiger partial charge < -0.3 is 9.73 Å². The second-order valence-corrected chi connectivity index (χ2v) is 4.32. The van der Waals surface area contributed by atoms with Gasteiger partial charge in [0, 0.05) is 6.54 Å². The minimum Gasteiger partial charge on any atom is -0.468 e. The molecule has 0 bridgehead atoms. The lowest BCUT2D eigenvalue weighted by Gasteiger charge is -2.23. The molecule has 1 heterocycles. The van der Waals surface area contributed by atoms with Gasteiger partial charge >= 0.3 is 0 Å². The molecule has 1 aromatic rings. The summed E-state index contributed by atoms with van der Waals surface area (Å²) in [6.07, 6.45) is 1.74. The van der Waals surface area contributed by atoms with Crippen molar-refractivity contribution in [1.82, 2.24) is 10.2 Å². The molecular weight excluding hydrogens is 200 g/mol. The van der Waals surface area contributed by atoms with Crippen LogP contribution >= 0.6 is 0 Å². The fourth-order valence-corrected chi connectivity index (χ4v) is 1.82. The van der Waals surface area contributed by atoms with Crippen LogP contribution in [0.2, 0.25) is 0 Å². The summed E-state index contributed by atoms with van der Waals surface area (Å²) in [5, 5.41) is 3.39. The van der Waals surface area contributed by atoms with Crippen molar-refractivity contribution in [2.75, 3.05) is 26.2 Å². The van der Waals surface area contributed by atoms with Crippen LogP contribution in [-0.2, 0) is 6.54 Å². The summed E-state index contributed by atoms with van der Waals surface area (Å²) in [5.74, 6) is 1.73. The van der Waals surface area contributed by atoms with E-state index in [0.717, 1.165) is 38.5 Å². The van der Waals surface area contributed by atoms with E-state index < -0.39 is 0 Å². The van der Waals surface area contributed by atoms with Crippen LogP contribution in [0.15, 0.2) is 22.8 Å². The average molecular weight is 224 g/mol. The van der Waals surface area contributed by atoms with E-state index in [-0.39, 0.29) is 0 Å². The summed E-state index contributed by atoms with van der Waals surface area (Å²) < 4.78 is 5.37. The molecule has 0 saturated carbocycles. The van der Waals surface area contributed by atoms with E-state index in [9.17, 15) is 0 Å². The Balaban J connectivity index is 2.31. The molecule has 16 heavy (non-hydrogen) atoms. The Bertz CT molecular complexity index is 259. The van der Waals surface area contributed by atoms with Crippen LogP contribution < -0.4 is 5.32 Å². The minimum absolute atomic E-state index is 0.676. The van der Waals surface area contributed by atoms with Crippen molar-refractivity contribution >= 4 is 0 Å². The smallest absolute Gasteiger partial charge is 0.117 e. The Labute approximate surface area is 98.8 Å². The van der Waals surface area contributed by atoms with E-state index >= 15 is 0 Å². The summed E-state index contributed by atoms with van der Waals surface area (Å²) in [6.45, 7) is 11.9. The van der Waals surface area contributed by atoms with Crippen LogP contribution in [0.4, 0.5) is 0 Å². The normalized spacial score (nSPS) is 13.2. The van der Waals surface area contributed by atoms with Crippen molar-refractivity contribution in [3.8, 4) is 0 Å². The largest absolute Gasteiger partial charge is 0.468 e. The van der Waals surface area contributed by atoms with Crippen molar-refractivity contribution in [3.05, 3.63) is 24.2 Å². The number of furan rings is 1. The van der Waals surface area contributed by atoms with Crippen LogP contribution in [0.25, 0.3) is 0 Å². The van der Waals surface area contributed by atoms with Gasteiger partial charge in [0.1, 0.15) is 5.76 Å². The highest BCUT2D eigenvalue weighted by atomic mass is 16.3. The lowest BCUT2D eigenvalue weighted by atomic mass is 10.1. The molecule has 3 nitrogen and oxygen atoms in total. The van der Waals surface area contributed by atoms with Gasteiger partial charge in [-0.15, -0.1) is 0 Å². The highest BCUT2D eigenvalue weighted by molar-refractivity contribution is 4.97. The van der Waals surface area contributed by atoms with Gasteiger partial charge in [0.2, 0.25) is 0 Å². The molecule has 1 rings (SSSR count). The summed E-state index contributed by atoms with van der Waals surface area (Å²) in [7, 11) is 0. The van der Waals surface area contributed by atoms with Crippen LogP contribution in [0, 0.1) is 5.92 Å². The maximum atomic E-state index is 5.37. The molecule has 0 amide bonds. The molecule has 0 aliphatic rings. The summed E-state index contributed by atoms with van der Waals surface area (Å²) in [5.41, 5.74) is 0. The first-order chi connectivity index (χ1) is 7.76. The first-order valence-corrected chi connectivity index (χ1v) is 6.21. The monoisotopic (exact) mass is 224 g/mol. The maximum absolute atomic E-state index is 5.37. The van der Waals surface area contributed by atoms with Gasteiger partial charge in [0.05, 0.1) is 12.8 Å². The molecule has 1 atom stereocenters. The molecule has 0 aliphatic heterocycles. The third-order valence-electron chi connectivity index (χ3n) is 2.72. The van der Waals surface area contributed by atoms with Gasteiger partial charge in [-0.05, 0) is 37.7 Å². The van der Waals surface area contributed by atoms with E-state index in [1.54, 1.807) is 6.26 Å². The van der Waals surface area contributed by atoms with Crippen molar-refractivity contribution < 1.29 is 4.42 Å². The number of nitrogens with one attached hydrogen (secondary N) is 1. The summed E-state index contributed by atoms with van der Waals surface area (Å²) >= 11 is 0. The van der Waals surface area contributed by atoms with E-state index in [0.29, 0.717) is 5.92 Å². The van der Waals surface area contributed by atoms with Crippen molar-refractivity contribution in [3.63, 3.8) is 0 Å². The Kier molecular flexibility index (Phi) is 6.19. The third kappa shape index (κ3) is 4.81. The van der Waals surface area contributed by atoms with Crippen LogP contribution in [-0.4, -0.2) is 31.1 Å². The molecule has 1 N–H and O–H groups in total. The van der Waals surface area contributed by atoms with Crippen LogP contribution in [0.1, 0.15) is 26.5 Å². The lowest BCUT2D eigenvalue weighted by molar-refractivity contribution is 0.221. The van der Waals surface area contributed by atoms with Gasteiger partial charge in [-0.3, -0.25) is 4.90 Å². The van der Waals surface area contributed by atoms with Gasteiger partial charge in [0.25, 0.3) is 0 Å². The van der Waals surface area contributed by atoms with E-state index in [4.69, 9.17) is 4.42 Å². The Morgan fingerprint density at radius 3 is 2.81 bits per heavy atom. The fraction of sp³-hybridized carbons (Fsp3) is 0.692. The molecule has 1 aromatic heterocycles. The standard InChI is InChI=1S/C13H24N2O/c1-4-14-9-12(3)10-15(5-2)11-13-7-6-8-16-13/h6-8,12,14H,4-5,9-11H2,1-3H3. The first kappa shape index (κ1) is 13.3. The molecule has 0 aromatic carbocycles. The van der Waals surface area contributed by atoms with Gasteiger partial charge in [0.15, 0.2) is 0 Å². The number of nitrogens with zero attached hydrogens (tertiary/aromatic N) is 1. The molecular formula is C13H24N2O. The number of hydrogen-bond acceptors (Lipinski definition) is 3. The zero-order valence-electron chi connectivity index (χ0n) is 10.7. The average Bonchev–Trinajstić information content (AvgIpc) is 2.78. The zero-order chi connectivity index (χ0) is 11.8. The van der Waals surface area contributed by atoms with Gasteiger partial charge in [-0.25, -0.2) is 0 Å². The van der Waals surface area contributed by atoms with Crippen LogP contribution in [0.3, 0.4) is 0 Å². The highest BCUT2D eigenvalue weighted by Gasteiger charge is 2.09. The van der Waals surface area contributed by atoms with Gasteiger partial charge in [-0.2, -0.15) is 0 Å². The zero-order valence-corrected chi connectivity index (χ0v) is 10.7. The quantitative estimate of drug-likeness (QED) is 0.734. The van der Waals surface area contributed by atoms with E-state index in [2.05, 4.69) is 31.0 Å². The number of hydrogen-bond donors (Lipinski definition) is 1. The molecule has 0 radical (unpaired) electrons. The molecule has 3 heteroatoms. The molecule has 0 aliphatic carbocycles. The van der Waals surface area contributed by atoms with Crippen molar-refractivity contribution in [2.24, 2.45) is 5.92 Å². The highest BCUT2D eigenvalue weighted by Crippen LogP contribution is 2.07. The maximum Gasteiger partial charge on any atom is 0.117 e. The van der Waals surface area contributed by atoms with Crippen LogP contribution in [0.5, 0.6) is 0 Å². The summed E-state index contributed by atoms with van der Waals surface area (Å²) in [4.78, 5) is 2.42. The SMILES string of the molecule is CCNCC(C)CN(CC)Cc1ccco1. The molecule has 0 fully saturated rings. The first-order valence-electron chi connectivity index (χ1n) is 6.21.